The summed E-state index contributed by atoms with van der Waals surface area (Å²) in [5.74, 6) is -3.77. The minimum absolute atomic E-state index is 0.0267. The number of aliphatic hydroxyl groups excluding tert-OH is 1. The predicted octanol–water partition coefficient (Wildman–Crippen LogP) is 0.285. The Hall–Kier alpha value is -3.47. The third kappa shape index (κ3) is 4.43. The molecule has 14 heteroatoms. The van der Waals surface area contributed by atoms with Gasteiger partial charge in [0.1, 0.15) is 29.8 Å². The zero-order valence-electron chi connectivity index (χ0n) is 24.6. The van der Waals surface area contributed by atoms with Crippen molar-refractivity contribution in [3.8, 4) is 11.5 Å². The van der Waals surface area contributed by atoms with Gasteiger partial charge in [-0.2, -0.15) is 0 Å². The van der Waals surface area contributed by atoms with Crippen LogP contribution < -0.4 is 5.73 Å². The molecule has 8 atom stereocenters. The van der Waals surface area contributed by atoms with Crippen molar-refractivity contribution in [1.82, 2.24) is 4.90 Å². The maximum atomic E-state index is 13.7. The van der Waals surface area contributed by atoms with Crippen LogP contribution in [0, 0.1) is 0 Å². The summed E-state index contributed by atoms with van der Waals surface area (Å²) in [6.07, 6.45) is -4.79. The number of benzene rings is 2. The maximum Gasteiger partial charge on any atom is 0.200 e. The highest BCUT2D eigenvalue weighted by molar-refractivity contribution is 6.32. The van der Waals surface area contributed by atoms with Crippen LogP contribution in [-0.2, 0) is 34.9 Å². The summed E-state index contributed by atoms with van der Waals surface area (Å²) in [6, 6.07) is 4.15. The van der Waals surface area contributed by atoms with Crippen LogP contribution in [-0.4, -0.2) is 112 Å². The molecule has 5 aliphatic rings. The van der Waals surface area contributed by atoms with Gasteiger partial charge in [-0.05, 0) is 13.0 Å². The van der Waals surface area contributed by atoms with Crippen molar-refractivity contribution in [1.29, 1.82) is 0 Å². The summed E-state index contributed by atoms with van der Waals surface area (Å²) in [4.78, 5) is 42.3. The molecule has 14 nitrogen and oxygen atoms in total. The molecule has 0 bridgehead atoms. The second kappa shape index (κ2) is 10.8. The van der Waals surface area contributed by atoms with Gasteiger partial charge in [0.05, 0.1) is 35.5 Å². The van der Waals surface area contributed by atoms with E-state index in [-0.39, 0.29) is 40.1 Å². The molecule has 0 spiro atoms. The largest absolute Gasteiger partial charge is 0.507 e. The highest BCUT2D eigenvalue weighted by Gasteiger charge is 2.55. The number of nitrogens with zero attached hydrogens (tertiary/aromatic N) is 1. The number of ketones is 3. The number of nitrogens with two attached hydrogens (primary N) is 1. The molecule has 2 aromatic carbocycles. The fourth-order valence-electron chi connectivity index (χ4n) is 7.58. The first-order valence-corrected chi connectivity index (χ1v) is 14.8. The molecule has 0 aromatic heterocycles. The quantitative estimate of drug-likeness (QED) is 0.191. The number of aliphatic hydroxyl groups is 2. The zero-order chi connectivity index (χ0) is 31.9. The van der Waals surface area contributed by atoms with E-state index in [2.05, 4.69) is 4.90 Å². The van der Waals surface area contributed by atoms with Crippen molar-refractivity contribution >= 4 is 23.0 Å². The number of phenols is 2. The number of Topliss-reactive ketones (excluding diaryl/α,β-unsaturated/α-hetero) is 1. The fraction of sp³-hybridized carbons (Fsp3) is 0.516. The molecule has 240 valence electrons. The zero-order valence-corrected chi connectivity index (χ0v) is 24.6. The lowest BCUT2D eigenvalue weighted by Gasteiger charge is -2.43. The summed E-state index contributed by atoms with van der Waals surface area (Å²) >= 11 is 0. The standard InChI is InChI=1S/C31H34N2O12/c1-12-28-16(33-6-7-42-30(41-2)29(33)45-28)8-19(43-12)44-17-10-31(40,18(35)11-34)9-14-21(17)27(39)23-22(25(14)37)24(36)13-4-3-5-15(32)20(13)26(23)38/h3-5,12,16-17,19,28-30,34,37,39-40H,6-11,32H2,1-2H3/t12-,16-,17-,19?,28+,29+,30-,31-/m0/s1. The van der Waals surface area contributed by atoms with Crippen molar-refractivity contribution < 1.29 is 58.5 Å². The summed E-state index contributed by atoms with van der Waals surface area (Å²) in [5, 5.41) is 44.3. The van der Waals surface area contributed by atoms with Crippen LogP contribution in [0.2, 0.25) is 0 Å². The number of rotatable bonds is 5. The van der Waals surface area contributed by atoms with Gasteiger partial charge in [-0.15, -0.1) is 0 Å². The lowest BCUT2D eigenvalue weighted by atomic mass is 9.72. The van der Waals surface area contributed by atoms with Gasteiger partial charge in [-0.1, -0.05) is 12.1 Å². The number of morpholine rings is 1. The van der Waals surface area contributed by atoms with Gasteiger partial charge in [0, 0.05) is 61.3 Å². The Labute approximate surface area is 257 Å². The van der Waals surface area contributed by atoms with Crippen molar-refractivity contribution in [3.63, 3.8) is 0 Å². The summed E-state index contributed by atoms with van der Waals surface area (Å²) in [6.45, 7) is 1.81. The van der Waals surface area contributed by atoms with Gasteiger partial charge in [0.15, 0.2) is 36.2 Å². The molecule has 0 amide bonds. The molecular formula is C31H34N2O12. The third-order valence-corrected chi connectivity index (χ3v) is 9.69. The van der Waals surface area contributed by atoms with Gasteiger partial charge >= 0.3 is 0 Å². The number of phenolic OH excluding ortho intramolecular Hbond substituents is 2. The number of carbonyl (C=O) groups excluding carboxylic acids is 3. The smallest absolute Gasteiger partial charge is 0.200 e. The van der Waals surface area contributed by atoms with E-state index < -0.39 is 96.0 Å². The predicted molar refractivity (Wildman–Crippen MR) is 152 cm³/mol. The number of aromatic hydroxyl groups is 2. The fourth-order valence-corrected chi connectivity index (χ4v) is 7.58. The van der Waals surface area contributed by atoms with Crippen LogP contribution in [0.25, 0.3) is 0 Å². The minimum Gasteiger partial charge on any atom is -0.507 e. The average Bonchev–Trinajstić information content (AvgIpc) is 3.40. The third-order valence-electron chi connectivity index (χ3n) is 9.69. The topological polar surface area (TPSA) is 208 Å². The van der Waals surface area contributed by atoms with E-state index in [0.29, 0.717) is 19.6 Å². The first kappa shape index (κ1) is 30.2. The number of methoxy groups -OCH3 is 1. The molecule has 3 aliphatic heterocycles. The number of anilines is 1. The molecule has 6 N–H and O–H groups in total. The molecule has 0 saturated carbocycles. The van der Waals surface area contributed by atoms with E-state index in [0.717, 1.165) is 0 Å². The van der Waals surface area contributed by atoms with E-state index in [4.69, 9.17) is 29.4 Å². The molecule has 2 aliphatic carbocycles. The minimum atomic E-state index is -2.23. The Morgan fingerprint density at radius 1 is 1.13 bits per heavy atom. The second-order valence-electron chi connectivity index (χ2n) is 12.2. The molecule has 3 heterocycles. The lowest BCUT2D eigenvalue weighted by Crippen LogP contribution is -2.55. The highest BCUT2D eigenvalue weighted by Crippen LogP contribution is 2.52. The van der Waals surface area contributed by atoms with Crippen LogP contribution >= 0.6 is 0 Å². The van der Waals surface area contributed by atoms with Crippen molar-refractivity contribution in [2.45, 2.75) is 74.9 Å². The molecule has 0 radical (unpaired) electrons. The number of fused-ring (bicyclic) bond motifs is 6. The van der Waals surface area contributed by atoms with E-state index in [9.17, 15) is 34.8 Å². The molecule has 1 unspecified atom stereocenters. The molecule has 7 rings (SSSR count). The van der Waals surface area contributed by atoms with E-state index >= 15 is 0 Å². The lowest BCUT2D eigenvalue weighted by molar-refractivity contribution is -0.256. The molecule has 45 heavy (non-hydrogen) atoms. The van der Waals surface area contributed by atoms with Crippen molar-refractivity contribution in [2.75, 3.05) is 32.6 Å². The Morgan fingerprint density at radius 3 is 2.62 bits per heavy atom. The first-order valence-electron chi connectivity index (χ1n) is 14.8. The Kier molecular flexibility index (Phi) is 7.26. The normalized spacial score (nSPS) is 34.0. The van der Waals surface area contributed by atoms with E-state index in [1.54, 1.807) is 0 Å². The van der Waals surface area contributed by atoms with Gasteiger partial charge in [-0.25, -0.2) is 0 Å². The average molecular weight is 627 g/mol. The van der Waals surface area contributed by atoms with Gasteiger partial charge in [0.2, 0.25) is 0 Å². The molecule has 3 saturated heterocycles. The number of carbonyl (C=O) groups is 3. The Morgan fingerprint density at radius 2 is 1.89 bits per heavy atom. The highest BCUT2D eigenvalue weighted by atomic mass is 16.7. The summed E-state index contributed by atoms with van der Waals surface area (Å²) in [5.41, 5.74) is 2.57. The maximum absolute atomic E-state index is 13.7. The summed E-state index contributed by atoms with van der Waals surface area (Å²) < 4.78 is 30.0. The van der Waals surface area contributed by atoms with E-state index in [1.807, 2.05) is 6.92 Å². The van der Waals surface area contributed by atoms with Crippen LogP contribution in [0.3, 0.4) is 0 Å². The van der Waals surface area contributed by atoms with Crippen LogP contribution in [0.4, 0.5) is 5.69 Å². The first-order chi connectivity index (χ1) is 21.5. The van der Waals surface area contributed by atoms with Gasteiger partial charge < -0.3 is 49.8 Å². The number of hydrogen-bond acceptors (Lipinski definition) is 14. The van der Waals surface area contributed by atoms with Crippen LogP contribution in [0.5, 0.6) is 11.5 Å². The Bertz CT molecular complexity index is 1610. The Balaban J connectivity index is 1.29. The van der Waals surface area contributed by atoms with Crippen LogP contribution in [0.15, 0.2) is 18.2 Å². The van der Waals surface area contributed by atoms with E-state index in [1.165, 1.54) is 25.3 Å². The molecular weight excluding hydrogens is 592 g/mol. The van der Waals surface area contributed by atoms with Crippen molar-refractivity contribution in [2.24, 2.45) is 0 Å². The van der Waals surface area contributed by atoms with Gasteiger partial charge in [-0.3, -0.25) is 19.3 Å². The molecule has 3 fully saturated rings. The number of ether oxygens (including phenoxy) is 5. The SMILES string of the molecule is CO[C@H]1OCCN2[C@@H]1O[C@@H]1[C@H](C)OC(O[C@H]3C[C@](O)(C(=O)CO)Cc4c(O)c5c(c(O)c43)C(=O)c3c(N)cccc3C5=O)C[C@@H]12. The number of hydrogen-bond donors (Lipinski definition) is 5. The number of nitrogen functional groups attached to an aromatic ring is 1. The van der Waals surface area contributed by atoms with Crippen LogP contribution in [0.1, 0.15) is 68.8 Å². The second-order valence-corrected chi connectivity index (χ2v) is 12.2. The van der Waals surface area contributed by atoms with Crippen molar-refractivity contribution in [3.05, 3.63) is 51.6 Å². The monoisotopic (exact) mass is 626 g/mol. The molecule has 2 aromatic rings. The van der Waals surface area contributed by atoms with Gasteiger partial charge in [0.25, 0.3) is 0 Å². The summed E-state index contributed by atoms with van der Waals surface area (Å²) in [7, 11) is 1.53.